The molecule has 0 aliphatic heterocycles. The standard InChI is InChI=1S/C20H27NO2/c1-15(2)19-10-9-16(3)11-20(19)23-14-18(22)13-21-12-17-7-5-4-6-8-17/h4-11,15,18,21-22H,12-14H2,1-3H3. The number of ether oxygens (including phenoxy) is 1. The van der Waals surface area contributed by atoms with Crippen molar-refractivity contribution in [3.63, 3.8) is 0 Å². The van der Waals surface area contributed by atoms with Crippen LogP contribution in [0.3, 0.4) is 0 Å². The Morgan fingerprint density at radius 2 is 1.83 bits per heavy atom. The topological polar surface area (TPSA) is 41.5 Å². The molecule has 0 aliphatic carbocycles. The van der Waals surface area contributed by atoms with Gasteiger partial charge in [0.25, 0.3) is 0 Å². The van der Waals surface area contributed by atoms with Crippen molar-refractivity contribution in [2.24, 2.45) is 0 Å². The highest BCUT2D eigenvalue weighted by molar-refractivity contribution is 5.39. The summed E-state index contributed by atoms with van der Waals surface area (Å²) in [5.41, 5.74) is 3.56. The Morgan fingerprint density at radius 1 is 1.09 bits per heavy atom. The number of aryl methyl sites for hydroxylation is 1. The van der Waals surface area contributed by atoms with Crippen LogP contribution in [-0.4, -0.2) is 24.4 Å². The first-order valence-electron chi connectivity index (χ1n) is 8.22. The maximum atomic E-state index is 10.1. The van der Waals surface area contributed by atoms with E-state index >= 15 is 0 Å². The lowest BCUT2D eigenvalue weighted by atomic mass is 10.0. The molecule has 3 heteroatoms. The quantitative estimate of drug-likeness (QED) is 0.781. The molecule has 0 spiro atoms. The van der Waals surface area contributed by atoms with Crippen LogP contribution in [0.5, 0.6) is 5.75 Å². The van der Waals surface area contributed by atoms with Crippen LogP contribution in [0.4, 0.5) is 0 Å². The molecule has 2 rings (SSSR count). The van der Waals surface area contributed by atoms with Crippen LogP contribution in [0.2, 0.25) is 0 Å². The molecule has 0 saturated carbocycles. The van der Waals surface area contributed by atoms with Crippen LogP contribution < -0.4 is 10.1 Å². The Balaban J connectivity index is 1.80. The van der Waals surface area contributed by atoms with Crippen LogP contribution in [-0.2, 0) is 6.54 Å². The molecule has 0 fully saturated rings. The van der Waals surface area contributed by atoms with Crippen molar-refractivity contribution < 1.29 is 9.84 Å². The minimum Gasteiger partial charge on any atom is -0.491 e. The van der Waals surface area contributed by atoms with Gasteiger partial charge < -0.3 is 15.2 Å². The third-order valence-electron chi connectivity index (χ3n) is 3.77. The fourth-order valence-electron chi connectivity index (χ4n) is 2.47. The van der Waals surface area contributed by atoms with Crippen LogP contribution >= 0.6 is 0 Å². The van der Waals surface area contributed by atoms with E-state index in [0.717, 1.165) is 12.3 Å². The number of aliphatic hydroxyl groups excluding tert-OH is 1. The summed E-state index contributed by atoms with van der Waals surface area (Å²) in [5.74, 6) is 1.28. The first-order chi connectivity index (χ1) is 11.1. The second kappa shape index (κ2) is 8.70. The second-order valence-electron chi connectivity index (χ2n) is 6.28. The van der Waals surface area contributed by atoms with Gasteiger partial charge in [0.05, 0.1) is 0 Å². The van der Waals surface area contributed by atoms with E-state index in [2.05, 4.69) is 50.4 Å². The lowest BCUT2D eigenvalue weighted by Gasteiger charge is -2.17. The average molecular weight is 313 g/mol. The summed E-state index contributed by atoms with van der Waals surface area (Å²) < 4.78 is 5.85. The Morgan fingerprint density at radius 3 is 2.52 bits per heavy atom. The predicted octanol–water partition coefficient (Wildman–Crippen LogP) is 3.65. The smallest absolute Gasteiger partial charge is 0.123 e. The maximum Gasteiger partial charge on any atom is 0.123 e. The van der Waals surface area contributed by atoms with Crippen LogP contribution in [0.1, 0.15) is 36.5 Å². The summed E-state index contributed by atoms with van der Waals surface area (Å²) in [5, 5.41) is 13.4. The molecule has 1 unspecified atom stereocenters. The Labute approximate surface area is 139 Å². The van der Waals surface area contributed by atoms with E-state index in [-0.39, 0.29) is 0 Å². The zero-order valence-corrected chi connectivity index (χ0v) is 14.3. The van der Waals surface area contributed by atoms with E-state index < -0.39 is 6.10 Å². The molecular formula is C20H27NO2. The third kappa shape index (κ3) is 5.70. The van der Waals surface area contributed by atoms with E-state index in [1.54, 1.807) is 0 Å². The Kier molecular flexibility index (Phi) is 6.63. The monoisotopic (exact) mass is 313 g/mol. The fraction of sp³-hybridized carbons (Fsp3) is 0.400. The molecule has 0 radical (unpaired) electrons. The molecule has 124 valence electrons. The minimum absolute atomic E-state index is 0.297. The largest absolute Gasteiger partial charge is 0.491 e. The molecule has 0 heterocycles. The molecule has 2 aromatic carbocycles. The fourth-order valence-corrected chi connectivity index (χ4v) is 2.47. The average Bonchev–Trinajstić information content (AvgIpc) is 2.53. The van der Waals surface area contributed by atoms with Crippen molar-refractivity contribution in [2.75, 3.05) is 13.2 Å². The highest BCUT2D eigenvalue weighted by atomic mass is 16.5. The molecule has 0 aliphatic rings. The van der Waals surface area contributed by atoms with Crippen molar-refractivity contribution >= 4 is 0 Å². The molecule has 0 saturated heterocycles. The van der Waals surface area contributed by atoms with Gasteiger partial charge in [0.1, 0.15) is 18.5 Å². The van der Waals surface area contributed by atoms with Gasteiger partial charge in [0, 0.05) is 13.1 Å². The highest BCUT2D eigenvalue weighted by Crippen LogP contribution is 2.27. The van der Waals surface area contributed by atoms with Gasteiger partial charge in [-0.2, -0.15) is 0 Å². The van der Waals surface area contributed by atoms with E-state index in [9.17, 15) is 5.11 Å². The van der Waals surface area contributed by atoms with Crippen LogP contribution in [0.25, 0.3) is 0 Å². The number of aliphatic hydroxyl groups is 1. The first-order valence-corrected chi connectivity index (χ1v) is 8.22. The normalized spacial score (nSPS) is 12.4. The molecule has 0 amide bonds. The van der Waals surface area contributed by atoms with Crippen LogP contribution in [0.15, 0.2) is 48.5 Å². The van der Waals surface area contributed by atoms with Crippen molar-refractivity contribution in [2.45, 2.75) is 39.3 Å². The lowest BCUT2D eigenvalue weighted by molar-refractivity contribution is 0.105. The molecule has 1 atom stereocenters. The highest BCUT2D eigenvalue weighted by Gasteiger charge is 2.10. The number of hydrogen-bond donors (Lipinski definition) is 2. The van der Waals surface area contributed by atoms with Gasteiger partial charge in [0.15, 0.2) is 0 Å². The van der Waals surface area contributed by atoms with Crippen molar-refractivity contribution in [3.8, 4) is 5.75 Å². The Bertz CT molecular complexity index is 596. The number of nitrogens with one attached hydrogen (secondary N) is 1. The molecule has 2 N–H and O–H groups in total. The number of rotatable bonds is 8. The zero-order chi connectivity index (χ0) is 16.7. The summed E-state index contributed by atoms with van der Waals surface area (Å²) in [6.07, 6.45) is -0.528. The summed E-state index contributed by atoms with van der Waals surface area (Å²) in [4.78, 5) is 0. The summed E-state index contributed by atoms with van der Waals surface area (Å²) in [6.45, 7) is 7.90. The number of benzene rings is 2. The van der Waals surface area contributed by atoms with Gasteiger partial charge in [-0.1, -0.05) is 56.3 Å². The van der Waals surface area contributed by atoms with Gasteiger partial charge >= 0.3 is 0 Å². The zero-order valence-electron chi connectivity index (χ0n) is 14.3. The van der Waals surface area contributed by atoms with Gasteiger partial charge in [-0.15, -0.1) is 0 Å². The minimum atomic E-state index is -0.528. The molecule has 2 aromatic rings. The van der Waals surface area contributed by atoms with Gasteiger partial charge in [-0.05, 0) is 35.6 Å². The first kappa shape index (κ1) is 17.5. The summed E-state index contributed by atoms with van der Waals surface area (Å²) in [7, 11) is 0. The van der Waals surface area contributed by atoms with Gasteiger partial charge in [-0.3, -0.25) is 0 Å². The van der Waals surface area contributed by atoms with Gasteiger partial charge in [-0.25, -0.2) is 0 Å². The molecular weight excluding hydrogens is 286 g/mol. The van der Waals surface area contributed by atoms with Crippen molar-refractivity contribution in [3.05, 3.63) is 65.2 Å². The van der Waals surface area contributed by atoms with Crippen molar-refractivity contribution in [1.82, 2.24) is 5.32 Å². The predicted molar refractivity (Wildman–Crippen MR) is 94.9 cm³/mol. The van der Waals surface area contributed by atoms with E-state index in [4.69, 9.17) is 4.74 Å². The lowest BCUT2D eigenvalue weighted by Crippen LogP contribution is -2.31. The second-order valence-corrected chi connectivity index (χ2v) is 6.28. The molecule has 23 heavy (non-hydrogen) atoms. The van der Waals surface area contributed by atoms with Crippen LogP contribution in [0, 0.1) is 6.92 Å². The van der Waals surface area contributed by atoms with E-state index in [0.29, 0.717) is 19.1 Å². The van der Waals surface area contributed by atoms with Gasteiger partial charge in [0.2, 0.25) is 0 Å². The van der Waals surface area contributed by atoms with E-state index in [1.165, 1.54) is 16.7 Å². The summed E-state index contributed by atoms with van der Waals surface area (Å²) in [6, 6.07) is 16.4. The number of hydrogen-bond acceptors (Lipinski definition) is 3. The SMILES string of the molecule is Cc1ccc(C(C)C)c(OCC(O)CNCc2ccccc2)c1. The summed E-state index contributed by atoms with van der Waals surface area (Å²) >= 11 is 0. The van der Waals surface area contributed by atoms with E-state index in [1.807, 2.05) is 24.3 Å². The molecule has 0 bridgehead atoms. The Hall–Kier alpha value is -1.84. The molecule has 3 nitrogen and oxygen atoms in total. The third-order valence-corrected chi connectivity index (χ3v) is 3.77. The van der Waals surface area contributed by atoms with Crippen molar-refractivity contribution in [1.29, 1.82) is 0 Å². The molecule has 0 aromatic heterocycles. The maximum absolute atomic E-state index is 10.1.